The van der Waals surface area contributed by atoms with Crippen molar-refractivity contribution in [1.29, 1.82) is 0 Å². The Labute approximate surface area is 106 Å². The van der Waals surface area contributed by atoms with Crippen molar-refractivity contribution in [3.8, 4) is 0 Å². The van der Waals surface area contributed by atoms with Crippen LogP contribution in [0.4, 0.5) is 5.82 Å². The van der Waals surface area contributed by atoms with Gasteiger partial charge in [-0.2, -0.15) is 0 Å². The molecule has 2 amide bonds. The van der Waals surface area contributed by atoms with E-state index in [1.165, 1.54) is 0 Å². The molecule has 3 heterocycles. The summed E-state index contributed by atoms with van der Waals surface area (Å²) >= 11 is 3.30. The minimum Gasteiger partial charge on any atom is -0.355 e. The number of hydrogen-bond acceptors (Lipinski definition) is 4. The van der Waals surface area contributed by atoms with Gasteiger partial charge in [-0.1, -0.05) is 0 Å². The molecule has 2 aliphatic heterocycles. The van der Waals surface area contributed by atoms with Crippen molar-refractivity contribution in [2.75, 3.05) is 4.90 Å². The first kappa shape index (κ1) is 10.9. The highest BCUT2D eigenvalue weighted by Gasteiger charge is 2.47. The SMILES string of the molecule is O=C1C2CCC(O2)C(=O)N1c1ncccc1Br. The lowest BCUT2D eigenvalue weighted by atomic mass is 10.2. The molecule has 0 N–H and O–H groups in total. The molecule has 88 valence electrons. The van der Waals surface area contributed by atoms with Crippen molar-refractivity contribution in [2.24, 2.45) is 0 Å². The molecule has 0 aromatic carbocycles. The second-order valence-electron chi connectivity index (χ2n) is 4.01. The van der Waals surface area contributed by atoms with E-state index < -0.39 is 12.2 Å². The fourth-order valence-electron chi connectivity index (χ4n) is 2.15. The second-order valence-corrected chi connectivity index (χ2v) is 4.87. The van der Waals surface area contributed by atoms with Gasteiger partial charge in [0.1, 0.15) is 12.2 Å². The largest absolute Gasteiger partial charge is 0.355 e. The van der Waals surface area contributed by atoms with Crippen LogP contribution in [0.2, 0.25) is 0 Å². The van der Waals surface area contributed by atoms with Gasteiger partial charge in [-0.05, 0) is 40.9 Å². The number of amides is 2. The lowest BCUT2D eigenvalue weighted by Crippen LogP contribution is -2.52. The van der Waals surface area contributed by atoms with Gasteiger partial charge in [0.25, 0.3) is 11.8 Å². The van der Waals surface area contributed by atoms with E-state index in [0.29, 0.717) is 23.1 Å². The van der Waals surface area contributed by atoms with Crippen molar-refractivity contribution < 1.29 is 14.3 Å². The van der Waals surface area contributed by atoms with Crippen LogP contribution in [0.5, 0.6) is 0 Å². The number of hydrogen-bond donors (Lipinski definition) is 0. The van der Waals surface area contributed by atoms with E-state index in [1.807, 2.05) is 0 Å². The number of nitrogens with zero attached hydrogens (tertiary/aromatic N) is 2. The molecule has 2 unspecified atom stereocenters. The van der Waals surface area contributed by atoms with Crippen LogP contribution >= 0.6 is 15.9 Å². The normalized spacial score (nSPS) is 27.7. The van der Waals surface area contributed by atoms with Gasteiger partial charge < -0.3 is 4.74 Å². The summed E-state index contributed by atoms with van der Waals surface area (Å²) in [5.41, 5.74) is 0. The van der Waals surface area contributed by atoms with Crippen molar-refractivity contribution in [3.05, 3.63) is 22.8 Å². The number of fused-ring (bicyclic) bond motifs is 2. The third-order valence-electron chi connectivity index (χ3n) is 2.96. The summed E-state index contributed by atoms with van der Waals surface area (Å²) in [5.74, 6) is -0.283. The molecule has 1 aromatic rings. The summed E-state index contributed by atoms with van der Waals surface area (Å²) in [6.45, 7) is 0. The molecule has 5 nitrogen and oxygen atoms in total. The number of imide groups is 1. The number of ether oxygens (including phenoxy) is 1. The minimum absolute atomic E-state index is 0.317. The molecule has 2 aliphatic rings. The summed E-state index contributed by atoms with van der Waals surface area (Å²) in [4.78, 5) is 29.3. The van der Waals surface area contributed by atoms with Crippen LogP contribution in [0, 0.1) is 0 Å². The molecular weight excluding hydrogens is 288 g/mol. The number of anilines is 1. The molecule has 17 heavy (non-hydrogen) atoms. The lowest BCUT2D eigenvalue weighted by Gasteiger charge is -2.29. The Balaban J connectivity index is 2.05. The zero-order valence-corrected chi connectivity index (χ0v) is 10.4. The summed E-state index contributed by atoms with van der Waals surface area (Å²) < 4.78 is 5.96. The van der Waals surface area contributed by atoms with Crippen LogP contribution in [0.1, 0.15) is 12.8 Å². The summed E-state index contributed by atoms with van der Waals surface area (Å²) in [6.07, 6.45) is 1.78. The van der Waals surface area contributed by atoms with Crippen molar-refractivity contribution in [1.82, 2.24) is 4.98 Å². The predicted octanol–water partition coefficient (Wildman–Crippen LogP) is 1.26. The van der Waals surface area contributed by atoms with Gasteiger partial charge in [0.2, 0.25) is 0 Å². The van der Waals surface area contributed by atoms with Crippen molar-refractivity contribution in [3.63, 3.8) is 0 Å². The van der Waals surface area contributed by atoms with E-state index in [4.69, 9.17) is 4.74 Å². The third kappa shape index (κ3) is 1.59. The molecule has 2 bridgehead atoms. The van der Waals surface area contributed by atoms with Gasteiger partial charge in [0.15, 0.2) is 5.82 Å². The van der Waals surface area contributed by atoms with Gasteiger partial charge in [-0.3, -0.25) is 9.59 Å². The fourth-order valence-corrected chi connectivity index (χ4v) is 2.58. The molecule has 0 saturated carbocycles. The van der Waals surface area contributed by atoms with Gasteiger partial charge in [-0.25, -0.2) is 9.88 Å². The molecule has 2 fully saturated rings. The van der Waals surface area contributed by atoms with E-state index in [0.717, 1.165) is 4.90 Å². The Hall–Kier alpha value is -1.27. The molecule has 2 saturated heterocycles. The van der Waals surface area contributed by atoms with Crippen LogP contribution in [-0.2, 0) is 14.3 Å². The molecule has 1 aromatic heterocycles. The van der Waals surface area contributed by atoms with Crippen LogP contribution in [-0.4, -0.2) is 29.0 Å². The van der Waals surface area contributed by atoms with E-state index in [1.54, 1.807) is 18.3 Å². The van der Waals surface area contributed by atoms with Crippen LogP contribution in [0.3, 0.4) is 0 Å². The van der Waals surface area contributed by atoms with Crippen molar-refractivity contribution >= 4 is 33.6 Å². The van der Waals surface area contributed by atoms with E-state index >= 15 is 0 Å². The summed E-state index contributed by atoms with van der Waals surface area (Å²) in [5, 5.41) is 0. The van der Waals surface area contributed by atoms with Crippen molar-refractivity contribution in [2.45, 2.75) is 25.0 Å². The first-order valence-electron chi connectivity index (χ1n) is 5.32. The predicted molar refractivity (Wildman–Crippen MR) is 62.3 cm³/mol. The maximum absolute atomic E-state index is 12.1. The number of halogens is 1. The Kier molecular flexibility index (Phi) is 2.48. The molecule has 3 rings (SSSR count). The monoisotopic (exact) mass is 296 g/mol. The van der Waals surface area contributed by atoms with Crippen LogP contribution in [0.15, 0.2) is 22.8 Å². The Morgan fingerprint density at radius 2 is 1.94 bits per heavy atom. The van der Waals surface area contributed by atoms with Gasteiger partial charge in [-0.15, -0.1) is 0 Å². The standard InChI is InChI=1S/C11H9BrN2O3/c12-6-2-1-5-13-9(6)14-10(15)7-3-4-8(17-7)11(14)16/h1-2,5,7-8H,3-4H2. The lowest BCUT2D eigenvalue weighted by molar-refractivity contribution is -0.147. The van der Waals surface area contributed by atoms with E-state index in [2.05, 4.69) is 20.9 Å². The van der Waals surface area contributed by atoms with Gasteiger partial charge in [0.05, 0.1) is 4.47 Å². The minimum atomic E-state index is -0.494. The molecule has 2 atom stereocenters. The topological polar surface area (TPSA) is 59.5 Å². The van der Waals surface area contributed by atoms with Crippen LogP contribution < -0.4 is 4.90 Å². The molecule has 0 aliphatic carbocycles. The molecule has 6 heteroatoms. The average Bonchev–Trinajstić information content (AvgIpc) is 2.76. The quantitative estimate of drug-likeness (QED) is 0.732. The fraction of sp³-hybridized carbons (Fsp3) is 0.364. The number of rotatable bonds is 1. The molecular formula is C11H9BrN2O3. The van der Waals surface area contributed by atoms with E-state index in [9.17, 15) is 9.59 Å². The van der Waals surface area contributed by atoms with E-state index in [-0.39, 0.29) is 11.8 Å². The number of pyridine rings is 1. The summed E-state index contributed by atoms with van der Waals surface area (Å²) in [7, 11) is 0. The number of carbonyl (C=O) groups excluding carboxylic acids is 2. The maximum atomic E-state index is 12.1. The number of morpholine rings is 1. The average molecular weight is 297 g/mol. The number of aromatic nitrogens is 1. The summed E-state index contributed by atoms with van der Waals surface area (Å²) in [6, 6.07) is 3.48. The first-order chi connectivity index (χ1) is 8.18. The van der Waals surface area contributed by atoms with Gasteiger partial charge in [0, 0.05) is 6.20 Å². The maximum Gasteiger partial charge on any atom is 0.264 e. The highest BCUT2D eigenvalue weighted by molar-refractivity contribution is 9.10. The third-order valence-corrected chi connectivity index (χ3v) is 3.58. The zero-order chi connectivity index (χ0) is 12.0. The Morgan fingerprint density at radius 1 is 1.29 bits per heavy atom. The molecule has 0 radical (unpaired) electrons. The molecule has 0 spiro atoms. The second kappa shape index (κ2) is 3.89. The Bertz CT molecular complexity index is 483. The first-order valence-corrected chi connectivity index (χ1v) is 6.11. The van der Waals surface area contributed by atoms with Gasteiger partial charge >= 0.3 is 0 Å². The number of carbonyl (C=O) groups is 2. The highest BCUT2D eigenvalue weighted by Crippen LogP contribution is 2.33. The van der Waals surface area contributed by atoms with Crippen LogP contribution in [0.25, 0.3) is 0 Å². The smallest absolute Gasteiger partial charge is 0.264 e. The highest BCUT2D eigenvalue weighted by atomic mass is 79.9. The zero-order valence-electron chi connectivity index (χ0n) is 8.80. The Morgan fingerprint density at radius 3 is 2.53 bits per heavy atom.